The van der Waals surface area contributed by atoms with E-state index in [0.29, 0.717) is 11.5 Å². The summed E-state index contributed by atoms with van der Waals surface area (Å²) in [6.45, 7) is 6.25. The number of amides is 1. The molecule has 2 unspecified atom stereocenters. The van der Waals surface area contributed by atoms with Crippen LogP contribution in [-0.2, 0) is 4.79 Å². The number of nitrogens with one attached hydrogen (secondary N) is 1. The van der Waals surface area contributed by atoms with Crippen LogP contribution in [0.1, 0.15) is 13.8 Å². The van der Waals surface area contributed by atoms with E-state index in [1.165, 1.54) is 0 Å². The first-order valence-corrected chi connectivity index (χ1v) is 5.24. The normalized spacial score (nSPS) is 25.6. The molecule has 2 atom stereocenters. The standard InChI is InChI=1S/C9H17N3OS/c1-6(8(10)14)5-12-4-3-11-9(13)7(12)2/h6-7H,3-5H2,1-2H3,(H2,10,14)(H,11,13). The second-order valence-corrected chi connectivity index (χ2v) is 4.24. The average molecular weight is 215 g/mol. The number of piperazine rings is 1. The summed E-state index contributed by atoms with van der Waals surface area (Å²) in [4.78, 5) is 14.0. The molecule has 0 saturated carbocycles. The highest BCUT2D eigenvalue weighted by Crippen LogP contribution is 2.07. The van der Waals surface area contributed by atoms with Crippen molar-refractivity contribution >= 4 is 23.1 Å². The Bertz CT molecular complexity index is 244. The third-order valence-corrected chi connectivity index (χ3v) is 3.02. The quantitative estimate of drug-likeness (QED) is 0.636. The van der Waals surface area contributed by atoms with Gasteiger partial charge >= 0.3 is 0 Å². The fraction of sp³-hybridized carbons (Fsp3) is 0.778. The summed E-state index contributed by atoms with van der Waals surface area (Å²) in [6, 6.07) is -0.0689. The fourth-order valence-electron chi connectivity index (χ4n) is 1.52. The predicted octanol–water partition coefficient (Wildman–Crippen LogP) is -0.271. The lowest BCUT2D eigenvalue weighted by molar-refractivity contribution is -0.128. The van der Waals surface area contributed by atoms with Crippen LogP contribution in [0.15, 0.2) is 0 Å². The zero-order valence-electron chi connectivity index (χ0n) is 8.62. The molecular weight excluding hydrogens is 198 g/mol. The van der Waals surface area contributed by atoms with Gasteiger partial charge < -0.3 is 11.1 Å². The van der Waals surface area contributed by atoms with Gasteiger partial charge in [0.15, 0.2) is 0 Å². The Balaban J connectivity index is 2.51. The topological polar surface area (TPSA) is 58.4 Å². The van der Waals surface area contributed by atoms with E-state index in [1.807, 2.05) is 13.8 Å². The lowest BCUT2D eigenvalue weighted by Gasteiger charge is -2.34. The maximum atomic E-state index is 11.3. The van der Waals surface area contributed by atoms with Crippen LogP contribution in [0.3, 0.4) is 0 Å². The summed E-state index contributed by atoms with van der Waals surface area (Å²) in [6.07, 6.45) is 0. The van der Waals surface area contributed by atoms with Crippen LogP contribution in [-0.4, -0.2) is 41.5 Å². The number of carbonyl (C=O) groups excluding carboxylic acids is 1. The Morgan fingerprint density at radius 1 is 1.86 bits per heavy atom. The van der Waals surface area contributed by atoms with Gasteiger partial charge in [-0.1, -0.05) is 19.1 Å². The van der Waals surface area contributed by atoms with E-state index in [4.69, 9.17) is 18.0 Å². The summed E-state index contributed by atoms with van der Waals surface area (Å²) in [5.74, 6) is 0.254. The van der Waals surface area contributed by atoms with Crippen molar-refractivity contribution in [2.24, 2.45) is 11.7 Å². The Morgan fingerprint density at radius 2 is 2.50 bits per heavy atom. The second-order valence-electron chi connectivity index (χ2n) is 3.77. The molecule has 1 fully saturated rings. The van der Waals surface area contributed by atoms with Crippen molar-refractivity contribution in [3.05, 3.63) is 0 Å². The van der Waals surface area contributed by atoms with Gasteiger partial charge in [-0.2, -0.15) is 0 Å². The van der Waals surface area contributed by atoms with Crippen LogP contribution < -0.4 is 11.1 Å². The number of nitrogens with two attached hydrogens (primary N) is 1. The molecule has 14 heavy (non-hydrogen) atoms. The van der Waals surface area contributed by atoms with Gasteiger partial charge in [0.2, 0.25) is 5.91 Å². The summed E-state index contributed by atoms with van der Waals surface area (Å²) >= 11 is 4.91. The summed E-state index contributed by atoms with van der Waals surface area (Å²) in [7, 11) is 0. The molecule has 0 aromatic carbocycles. The Kier molecular flexibility index (Phi) is 3.83. The maximum absolute atomic E-state index is 11.3. The molecule has 4 nitrogen and oxygen atoms in total. The highest BCUT2D eigenvalue weighted by molar-refractivity contribution is 7.80. The molecule has 0 spiro atoms. The number of thiocarbonyl (C=S) groups is 1. The van der Waals surface area contributed by atoms with E-state index < -0.39 is 0 Å². The summed E-state index contributed by atoms with van der Waals surface area (Å²) in [5.41, 5.74) is 5.54. The molecule has 1 heterocycles. The van der Waals surface area contributed by atoms with Crippen molar-refractivity contribution in [2.45, 2.75) is 19.9 Å². The molecule has 0 aromatic heterocycles. The molecule has 0 bridgehead atoms. The van der Waals surface area contributed by atoms with Crippen LogP contribution >= 0.6 is 12.2 Å². The number of carbonyl (C=O) groups is 1. The van der Waals surface area contributed by atoms with Crippen molar-refractivity contribution in [3.8, 4) is 0 Å². The van der Waals surface area contributed by atoms with E-state index >= 15 is 0 Å². The third kappa shape index (κ3) is 2.65. The average Bonchev–Trinajstić information content (AvgIpc) is 2.12. The summed E-state index contributed by atoms with van der Waals surface area (Å²) < 4.78 is 0. The van der Waals surface area contributed by atoms with Gasteiger partial charge in [-0.05, 0) is 6.92 Å². The lowest BCUT2D eigenvalue weighted by Crippen LogP contribution is -2.55. The molecule has 3 N–H and O–H groups in total. The predicted molar refractivity (Wildman–Crippen MR) is 60.0 cm³/mol. The SMILES string of the molecule is CC(CN1CCNC(=O)C1C)C(N)=S. The highest BCUT2D eigenvalue weighted by Gasteiger charge is 2.26. The Labute approximate surface area is 89.8 Å². The van der Waals surface area contributed by atoms with Crippen LogP contribution in [0.2, 0.25) is 0 Å². The molecular formula is C9H17N3OS. The number of hydrogen-bond donors (Lipinski definition) is 2. The molecule has 1 rings (SSSR count). The molecule has 0 radical (unpaired) electrons. The van der Waals surface area contributed by atoms with Crippen LogP contribution in [0, 0.1) is 5.92 Å². The Hall–Kier alpha value is -0.680. The first-order chi connectivity index (χ1) is 6.52. The van der Waals surface area contributed by atoms with Crippen LogP contribution in [0.25, 0.3) is 0 Å². The van der Waals surface area contributed by atoms with E-state index in [1.54, 1.807) is 0 Å². The molecule has 5 heteroatoms. The van der Waals surface area contributed by atoms with E-state index in [9.17, 15) is 4.79 Å². The second kappa shape index (κ2) is 4.70. The molecule has 1 amide bonds. The maximum Gasteiger partial charge on any atom is 0.237 e. The minimum atomic E-state index is -0.0689. The lowest BCUT2D eigenvalue weighted by atomic mass is 10.1. The van der Waals surface area contributed by atoms with E-state index in [0.717, 1.165) is 13.1 Å². The number of nitrogens with zero attached hydrogens (tertiary/aromatic N) is 1. The first kappa shape index (κ1) is 11.4. The monoisotopic (exact) mass is 215 g/mol. The minimum Gasteiger partial charge on any atom is -0.393 e. The van der Waals surface area contributed by atoms with Gasteiger partial charge in [0, 0.05) is 25.6 Å². The zero-order valence-corrected chi connectivity index (χ0v) is 9.43. The number of hydrogen-bond acceptors (Lipinski definition) is 3. The fourth-order valence-corrected chi connectivity index (χ4v) is 1.60. The van der Waals surface area contributed by atoms with Gasteiger partial charge in [0.25, 0.3) is 0 Å². The van der Waals surface area contributed by atoms with Crippen LogP contribution in [0.4, 0.5) is 0 Å². The molecule has 0 aliphatic carbocycles. The summed E-state index contributed by atoms with van der Waals surface area (Å²) in [5, 5.41) is 2.82. The van der Waals surface area contributed by atoms with Crippen molar-refractivity contribution < 1.29 is 4.79 Å². The Morgan fingerprint density at radius 3 is 3.07 bits per heavy atom. The van der Waals surface area contributed by atoms with Crippen molar-refractivity contribution in [1.29, 1.82) is 0 Å². The molecule has 1 saturated heterocycles. The van der Waals surface area contributed by atoms with Crippen LogP contribution in [0.5, 0.6) is 0 Å². The van der Waals surface area contributed by atoms with Gasteiger partial charge in [-0.3, -0.25) is 9.69 Å². The van der Waals surface area contributed by atoms with Crippen molar-refractivity contribution in [3.63, 3.8) is 0 Å². The molecule has 0 aromatic rings. The van der Waals surface area contributed by atoms with E-state index in [-0.39, 0.29) is 17.9 Å². The molecule has 1 aliphatic heterocycles. The van der Waals surface area contributed by atoms with Crippen molar-refractivity contribution in [1.82, 2.24) is 10.2 Å². The van der Waals surface area contributed by atoms with Gasteiger partial charge in [0.05, 0.1) is 11.0 Å². The first-order valence-electron chi connectivity index (χ1n) is 4.83. The molecule has 80 valence electrons. The van der Waals surface area contributed by atoms with Gasteiger partial charge in [-0.15, -0.1) is 0 Å². The minimum absolute atomic E-state index is 0.0689. The van der Waals surface area contributed by atoms with Crippen molar-refractivity contribution in [2.75, 3.05) is 19.6 Å². The largest absolute Gasteiger partial charge is 0.393 e. The third-order valence-electron chi connectivity index (χ3n) is 2.62. The van der Waals surface area contributed by atoms with Gasteiger partial charge in [0.1, 0.15) is 0 Å². The zero-order chi connectivity index (χ0) is 10.7. The number of rotatable bonds is 3. The van der Waals surface area contributed by atoms with Gasteiger partial charge in [-0.25, -0.2) is 0 Å². The smallest absolute Gasteiger partial charge is 0.237 e. The molecule has 1 aliphatic rings. The van der Waals surface area contributed by atoms with E-state index in [2.05, 4.69) is 10.2 Å². The highest BCUT2D eigenvalue weighted by atomic mass is 32.1.